The molecule has 41 heavy (non-hydrogen) atoms. The second kappa shape index (κ2) is 11.4. The summed E-state index contributed by atoms with van der Waals surface area (Å²) in [6.07, 6.45) is -2.60. The summed E-state index contributed by atoms with van der Waals surface area (Å²) in [7, 11) is 0. The maximum Gasteiger partial charge on any atom is 0.421 e. The van der Waals surface area contributed by atoms with Gasteiger partial charge in [0.15, 0.2) is 5.82 Å². The number of benzene rings is 2. The van der Waals surface area contributed by atoms with Gasteiger partial charge >= 0.3 is 6.18 Å². The number of hydrogen-bond acceptors (Lipinski definition) is 8. The number of aliphatic hydroxyl groups is 1. The zero-order valence-corrected chi connectivity index (χ0v) is 22.2. The largest absolute Gasteiger partial charge is 0.421 e. The van der Waals surface area contributed by atoms with Gasteiger partial charge in [0.2, 0.25) is 5.95 Å². The molecule has 0 saturated carbocycles. The number of anilines is 3. The standard InChI is InChI=1S/C30H29F3N6O2/c31-30(32,33)24-16-34-29(37-28(24)39-26(13-15-41-39)22-4-2-1-3-5-22)36-27-11-10-23-18-38(14-12-25(23)35-27)17-20-6-8-21(19-40)9-7-20/h1-11,16,26,40H,12-15,17-19H2,(H,34,35,36,37)/t26-/m0/s1. The Balaban J connectivity index is 1.20. The molecule has 2 aromatic carbocycles. The van der Waals surface area contributed by atoms with E-state index in [1.165, 1.54) is 10.6 Å². The van der Waals surface area contributed by atoms with Gasteiger partial charge in [0.1, 0.15) is 11.4 Å². The summed E-state index contributed by atoms with van der Waals surface area (Å²) in [5, 5.41) is 13.5. The molecular formula is C30H29F3N6O2. The number of rotatable bonds is 7. The van der Waals surface area contributed by atoms with Crippen molar-refractivity contribution in [3.8, 4) is 0 Å². The van der Waals surface area contributed by atoms with Gasteiger partial charge in [-0.25, -0.2) is 15.0 Å². The predicted molar refractivity (Wildman–Crippen MR) is 147 cm³/mol. The molecule has 1 atom stereocenters. The lowest BCUT2D eigenvalue weighted by Crippen LogP contribution is -2.30. The number of hydroxylamine groups is 1. The van der Waals surface area contributed by atoms with Crippen molar-refractivity contribution in [3.63, 3.8) is 0 Å². The van der Waals surface area contributed by atoms with Crippen molar-refractivity contribution < 1.29 is 23.1 Å². The Labute approximate surface area is 235 Å². The summed E-state index contributed by atoms with van der Waals surface area (Å²) in [6, 6.07) is 20.6. The van der Waals surface area contributed by atoms with Crippen LogP contribution in [-0.2, 0) is 37.1 Å². The number of pyridine rings is 1. The first kappa shape index (κ1) is 27.1. The van der Waals surface area contributed by atoms with Crippen LogP contribution in [0.2, 0.25) is 0 Å². The number of nitrogens with one attached hydrogen (secondary N) is 1. The van der Waals surface area contributed by atoms with Gasteiger partial charge in [-0.1, -0.05) is 60.7 Å². The van der Waals surface area contributed by atoms with Gasteiger partial charge in [-0.05, 0) is 28.3 Å². The van der Waals surface area contributed by atoms with Gasteiger partial charge in [0.05, 0.1) is 19.3 Å². The van der Waals surface area contributed by atoms with Gasteiger partial charge in [0.25, 0.3) is 0 Å². The number of nitrogens with zero attached hydrogens (tertiary/aromatic N) is 5. The average molecular weight is 563 g/mol. The molecule has 4 aromatic rings. The molecule has 0 radical (unpaired) electrons. The number of fused-ring (bicyclic) bond motifs is 1. The summed E-state index contributed by atoms with van der Waals surface area (Å²) in [6.45, 7) is 2.65. The zero-order chi connectivity index (χ0) is 28.4. The van der Waals surface area contributed by atoms with Crippen LogP contribution in [0, 0.1) is 0 Å². The van der Waals surface area contributed by atoms with Crippen molar-refractivity contribution in [1.82, 2.24) is 19.9 Å². The molecule has 2 aliphatic rings. The van der Waals surface area contributed by atoms with Crippen LogP contribution in [0.3, 0.4) is 0 Å². The first-order valence-corrected chi connectivity index (χ1v) is 13.5. The van der Waals surface area contributed by atoms with Crippen molar-refractivity contribution in [2.75, 3.05) is 23.5 Å². The Kier molecular flexibility index (Phi) is 7.57. The second-order valence-electron chi connectivity index (χ2n) is 10.2. The fourth-order valence-electron chi connectivity index (χ4n) is 5.26. The smallest absolute Gasteiger partial charge is 0.392 e. The van der Waals surface area contributed by atoms with Crippen LogP contribution in [-0.4, -0.2) is 38.1 Å². The summed E-state index contributed by atoms with van der Waals surface area (Å²) >= 11 is 0. The summed E-state index contributed by atoms with van der Waals surface area (Å²) in [4.78, 5) is 21.0. The third-order valence-electron chi connectivity index (χ3n) is 7.35. The van der Waals surface area contributed by atoms with Crippen LogP contribution < -0.4 is 10.4 Å². The van der Waals surface area contributed by atoms with E-state index in [1.807, 2.05) is 60.7 Å². The van der Waals surface area contributed by atoms with Crippen LogP contribution >= 0.6 is 0 Å². The van der Waals surface area contributed by atoms with Crippen LogP contribution in [0.4, 0.5) is 30.8 Å². The molecule has 2 N–H and O–H groups in total. The fraction of sp³-hybridized carbons (Fsp3) is 0.300. The minimum absolute atomic E-state index is 0.00604. The van der Waals surface area contributed by atoms with E-state index in [-0.39, 0.29) is 25.0 Å². The lowest BCUT2D eigenvalue weighted by atomic mass is 10.0. The molecule has 0 bridgehead atoms. The Morgan fingerprint density at radius 1 is 0.976 bits per heavy atom. The van der Waals surface area contributed by atoms with E-state index < -0.39 is 17.8 Å². The summed E-state index contributed by atoms with van der Waals surface area (Å²) < 4.78 is 41.9. The van der Waals surface area contributed by atoms with Crippen molar-refractivity contribution in [2.24, 2.45) is 0 Å². The number of hydrogen-bond donors (Lipinski definition) is 2. The first-order chi connectivity index (χ1) is 19.9. The molecule has 2 aliphatic heterocycles. The van der Waals surface area contributed by atoms with E-state index in [4.69, 9.17) is 9.82 Å². The quantitative estimate of drug-likeness (QED) is 0.303. The molecular weight excluding hydrogens is 533 g/mol. The van der Waals surface area contributed by atoms with E-state index in [1.54, 1.807) is 6.07 Å². The lowest BCUT2D eigenvalue weighted by Gasteiger charge is -2.28. The van der Waals surface area contributed by atoms with Crippen LogP contribution in [0.25, 0.3) is 0 Å². The highest BCUT2D eigenvalue weighted by atomic mass is 19.4. The molecule has 1 fully saturated rings. The van der Waals surface area contributed by atoms with Crippen LogP contribution in [0.5, 0.6) is 0 Å². The van der Waals surface area contributed by atoms with Crippen molar-refractivity contribution in [3.05, 3.63) is 106 Å². The van der Waals surface area contributed by atoms with Gasteiger partial charge in [-0.15, -0.1) is 0 Å². The maximum atomic E-state index is 14.0. The maximum absolute atomic E-state index is 14.0. The van der Waals surface area contributed by atoms with E-state index in [9.17, 15) is 18.3 Å². The average Bonchev–Trinajstić information content (AvgIpc) is 3.48. The van der Waals surface area contributed by atoms with Crippen molar-refractivity contribution in [1.29, 1.82) is 0 Å². The van der Waals surface area contributed by atoms with Gasteiger partial charge in [-0.3, -0.25) is 9.74 Å². The number of aromatic nitrogens is 3. The molecule has 6 rings (SSSR count). The Morgan fingerprint density at radius 3 is 2.51 bits per heavy atom. The molecule has 4 heterocycles. The predicted octanol–water partition coefficient (Wildman–Crippen LogP) is 5.57. The number of halogens is 3. The molecule has 212 valence electrons. The lowest BCUT2D eigenvalue weighted by molar-refractivity contribution is -0.138. The highest BCUT2D eigenvalue weighted by Crippen LogP contribution is 2.41. The third-order valence-corrected chi connectivity index (χ3v) is 7.35. The van der Waals surface area contributed by atoms with Gasteiger partial charge in [0, 0.05) is 44.4 Å². The molecule has 0 aliphatic carbocycles. The number of aliphatic hydroxyl groups excluding tert-OH is 1. The van der Waals surface area contributed by atoms with Gasteiger partial charge < -0.3 is 10.4 Å². The normalized spacial score (nSPS) is 17.5. The van der Waals surface area contributed by atoms with Crippen molar-refractivity contribution in [2.45, 2.75) is 44.8 Å². The Morgan fingerprint density at radius 2 is 1.76 bits per heavy atom. The topological polar surface area (TPSA) is 86.6 Å². The summed E-state index contributed by atoms with van der Waals surface area (Å²) in [5.41, 5.74) is 3.97. The summed E-state index contributed by atoms with van der Waals surface area (Å²) in [5.74, 6) is 0.137. The second-order valence-corrected chi connectivity index (χ2v) is 10.2. The van der Waals surface area contributed by atoms with E-state index in [0.717, 1.165) is 54.6 Å². The highest BCUT2D eigenvalue weighted by molar-refractivity contribution is 5.56. The molecule has 0 spiro atoms. The molecule has 8 nitrogen and oxygen atoms in total. The molecule has 0 unspecified atom stereocenters. The monoisotopic (exact) mass is 562 g/mol. The minimum atomic E-state index is -4.65. The molecule has 11 heteroatoms. The third kappa shape index (κ3) is 6.02. The minimum Gasteiger partial charge on any atom is -0.392 e. The van der Waals surface area contributed by atoms with Crippen molar-refractivity contribution >= 4 is 17.6 Å². The molecule has 1 saturated heterocycles. The SMILES string of the molecule is OCc1ccc(CN2CCc3nc(Nc4ncc(C(F)(F)F)c(N5OCC[C@H]5c5ccccc5)n4)ccc3C2)cc1. The molecule has 0 amide bonds. The molecule has 2 aromatic heterocycles. The van der Waals surface area contributed by atoms with Gasteiger partial charge in [-0.2, -0.15) is 18.2 Å². The van der Waals surface area contributed by atoms with E-state index in [2.05, 4.69) is 20.2 Å². The van der Waals surface area contributed by atoms with E-state index in [0.29, 0.717) is 12.2 Å². The fourth-order valence-corrected chi connectivity index (χ4v) is 5.26. The van der Waals surface area contributed by atoms with Crippen LogP contribution in [0.1, 0.15) is 46.0 Å². The Bertz CT molecular complexity index is 1500. The Hall–Kier alpha value is -4.06. The van der Waals surface area contributed by atoms with Crippen LogP contribution in [0.15, 0.2) is 72.9 Å². The first-order valence-electron chi connectivity index (χ1n) is 13.5. The zero-order valence-electron chi connectivity index (χ0n) is 22.2. The van der Waals surface area contributed by atoms with E-state index >= 15 is 0 Å². The highest BCUT2D eigenvalue weighted by Gasteiger charge is 2.40. The number of alkyl halides is 3.